The molecule has 4 unspecified atom stereocenters. The van der Waals surface area contributed by atoms with E-state index in [1.165, 1.54) is 114 Å². The number of carbonyl (C=O) groups is 1. The van der Waals surface area contributed by atoms with E-state index in [2.05, 4.69) is 24.8 Å². The molecule has 1 aromatic heterocycles. The molecule has 3 rings (SSSR count). The number of hydrogen-bond donors (Lipinski definition) is 4. The van der Waals surface area contributed by atoms with Crippen LogP contribution in [0.3, 0.4) is 0 Å². The molecule has 0 bridgehead atoms. The normalized spacial score (nSPS) is 18.8. The lowest BCUT2D eigenvalue weighted by molar-refractivity contribution is -0.134. The third-order valence-electron chi connectivity index (χ3n) is 9.77. The maximum atomic E-state index is 13.7. The Bertz CT molecular complexity index is 2060. The van der Waals surface area contributed by atoms with Gasteiger partial charge in [0, 0.05) is 18.2 Å². The number of H-pyrrole nitrogens is 1. The monoisotopic (exact) mass is 986 g/mol. The van der Waals surface area contributed by atoms with Crippen LogP contribution in [0, 0.1) is 6.92 Å². The zero-order valence-corrected chi connectivity index (χ0v) is 40.5. The average molecular weight is 987 g/mol. The number of phosphoric acid groups is 4. The number of esters is 1. The van der Waals surface area contributed by atoms with Crippen molar-refractivity contribution in [3.63, 3.8) is 0 Å². The number of carbonyl (C=O) groups excluding carboxylic acids is 1. The van der Waals surface area contributed by atoms with Crippen molar-refractivity contribution in [3.8, 4) is 5.75 Å². The largest absolute Gasteiger partial charge is 0.490 e. The molecule has 0 saturated heterocycles. The summed E-state index contributed by atoms with van der Waals surface area (Å²) < 4.78 is 92.2. The highest BCUT2D eigenvalue weighted by atomic mass is 31.3. The Kier molecular flexibility index (Phi) is 25.1. The van der Waals surface area contributed by atoms with Crippen LogP contribution >= 0.6 is 31.3 Å². The second kappa shape index (κ2) is 28.7. The molecule has 0 aliphatic carbocycles. The number of rotatable bonds is 35. The van der Waals surface area contributed by atoms with Gasteiger partial charge in [-0.05, 0) is 43.5 Å². The van der Waals surface area contributed by atoms with Gasteiger partial charge in [0.25, 0.3) is 5.56 Å². The fourth-order valence-corrected chi connectivity index (χ4v) is 11.9. The average Bonchev–Trinajstić information content (AvgIpc) is 3.69. The number of nitrogens with zero attached hydrogens (tertiary/aromatic N) is 1. The SMILES string of the molecule is CCCCCCCCCCCCCCCCCCOP(=O)(OCc1ccc(OC(=O)CCCC)cc1)OP(=O)(O)OP(=O)(O)OP(=O)(O)OC[C@@H]1C=C[C@H](n2cc(C)c(=O)[nH]c2=O)O1. The summed E-state index contributed by atoms with van der Waals surface area (Å²) in [6.07, 6.45) is 21.3. The molecule has 0 radical (unpaired) electrons. The number of aryl methyl sites for hydroxylation is 1. The van der Waals surface area contributed by atoms with Crippen LogP contribution in [0.25, 0.3) is 0 Å². The summed E-state index contributed by atoms with van der Waals surface area (Å²) in [6, 6.07) is 5.82. The van der Waals surface area contributed by atoms with E-state index in [4.69, 9.17) is 23.0 Å². The summed E-state index contributed by atoms with van der Waals surface area (Å²) in [5, 5.41) is 0. The molecule has 1 aromatic carbocycles. The predicted molar refractivity (Wildman–Crippen MR) is 237 cm³/mol. The van der Waals surface area contributed by atoms with E-state index in [-0.39, 0.29) is 24.3 Å². The Labute approximate surface area is 374 Å². The van der Waals surface area contributed by atoms with E-state index >= 15 is 0 Å². The first-order valence-corrected chi connectivity index (χ1v) is 27.9. The number of ether oxygens (including phenoxy) is 2. The van der Waals surface area contributed by atoms with Gasteiger partial charge >= 0.3 is 42.9 Å². The lowest BCUT2D eigenvalue weighted by Crippen LogP contribution is -2.33. The number of aromatic nitrogens is 2. The minimum atomic E-state index is -6.01. The van der Waals surface area contributed by atoms with E-state index in [1.54, 1.807) is 0 Å². The molecule has 20 nitrogen and oxygen atoms in total. The van der Waals surface area contributed by atoms with Crippen LogP contribution < -0.4 is 16.0 Å². The molecular formula is C40H66N2O18P4. The molecule has 0 spiro atoms. The van der Waals surface area contributed by atoms with Gasteiger partial charge in [-0.1, -0.05) is 135 Å². The second-order valence-electron chi connectivity index (χ2n) is 15.5. The highest BCUT2D eigenvalue weighted by molar-refractivity contribution is 7.69. The van der Waals surface area contributed by atoms with Crippen molar-refractivity contribution < 1.29 is 73.7 Å². The molecule has 2 aromatic rings. The Morgan fingerprint density at radius 3 is 1.80 bits per heavy atom. The van der Waals surface area contributed by atoms with Crippen molar-refractivity contribution in [2.24, 2.45) is 0 Å². The molecule has 0 saturated carbocycles. The van der Waals surface area contributed by atoms with E-state index in [0.717, 1.165) is 36.7 Å². The van der Waals surface area contributed by atoms with Gasteiger partial charge in [0.1, 0.15) is 11.9 Å². The molecule has 6 atom stereocenters. The smallest absolute Gasteiger partial charge is 0.427 e. The van der Waals surface area contributed by atoms with Gasteiger partial charge in [0.15, 0.2) is 6.23 Å². The zero-order valence-electron chi connectivity index (χ0n) is 37.0. The van der Waals surface area contributed by atoms with Gasteiger partial charge < -0.3 is 24.2 Å². The first kappa shape index (κ1) is 56.0. The summed E-state index contributed by atoms with van der Waals surface area (Å²) in [6.45, 7) is 4.01. The van der Waals surface area contributed by atoms with Gasteiger partial charge in [0.2, 0.25) is 0 Å². The molecule has 364 valence electrons. The quantitative estimate of drug-likeness (QED) is 0.0164. The predicted octanol–water partition coefficient (Wildman–Crippen LogP) is 10.4. The highest BCUT2D eigenvalue weighted by Gasteiger charge is 2.47. The van der Waals surface area contributed by atoms with Crippen molar-refractivity contribution in [2.45, 2.75) is 162 Å². The molecule has 2 heterocycles. The maximum Gasteiger partial charge on any atom is 0.490 e. The van der Waals surface area contributed by atoms with Crippen molar-refractivity contribution in [3.05, 3.63) is 74.6 Å². The van der Waals surface area contributed by atoms with Crippen LogP contribution in [-0.2, 0) is 60.9 Å². The molecule has 0 amide bonds. The van der Waals surface area contributed by atoms with E-state index in [1.807, 2.05) is 6.92 Å². The Morgan fingerprint density at radius 1 is 0.688 bits per heavy atom. The molecule has 1 aliphatic rings. The summed E-state index contributed by atoms with van der Waals surface area (Å²) in [5.41, 5.74) is -0.867. The number of phosphoric ester groups is 2. The Balaban J connectivity index is 1.51. The standard InChI is InChI=1S/C40H66N2O18P4/c1-4-6-8-9-10-11-12-13-14-15-16-17-18-19-20-21-29-53-64(52,55-31-34-23-25-35(26-24-34)57-38(43)22-7-5-2)60-63(50,51)59-62(48,49)58-61(46,47)54-32-36-27-28-37(56-36)42-30-33(3)39(44)41-40(42)45/h23-28,30,36-37H,4-22,29,31-32H2,1-3H3,(H,46,47)(H,48,49)(H,50,51)(H,41,44,45)/t36-,37+,64?/m0/s1. The third-order valence-corrected chi connectivity index (χ3v) is 16.1. The van der Waals surface area contributed by atoms with Crippen LogP contribution in [0.15, 0.2) is 52.2 Å². The van der Waals surface area contributed by atoms with Gasteiger partial charge in [-0.2, -0.15) is 12.9 Å². The van der Waals surface area contributed by atoms with Gasteiger partial charge in [-0.3, -0.25) is 32.7 Å². The molecular weight excluding hydrogens is 920 g/mol. The second-order valence-corrected chi connectivity index (χ2v) is 21.9. The van der Waals surface area contributed by atoms with Crippen LogP contribution in [0.5, 0.6) is 5.75 Å². The fourth-order valence-electron chi connectivity index (χ4n) is 6.35. The lowest BCUT2D eigenvalue weighted by atomic mass is 10.0. The van der Waals surface area contributed by atoms with Crippen LogP contribution in [0.4, 0.5) is 0 Å². The molecule has 1 aliphatic heterocycles. The van der Waals surface area contributed by atoms with Crippen molar-refractivity contribution >= 4 is 37.3 Å². The van der Waals surface area contributed by atoms with E-state index in [0.29, 0.717) is 24.8 Å². The number of hydrogen-bond acceptors (Lipinski definition) is 15. The maximum absolute atomic E-state index is 13.7. The number of aromatic amines is 1. The zero-order chi connectivity index (χ0) is 47.1. The Morgan fingerprint density at radius 2 is 1.22 bits per heavy atom. The molecule has 0 fully saturated rings. The van der Waals surface area contributed by atoms with Crippen LogP contribution in [0.1, 0.15) is 153 Å². The third kappa shape index (κ3) is 22.9. The number of benzene rings is 1. The van der Waals surface area contributed by atoms with Crippen LogP contribution in [-0.4, -0.2) is 49.5 Å². The molecule has 24 heteroatoms. The van der Waals surface area contributed by atoms with Crippen molar-refractivity contribution in [1.29, 1.82) is 0 Å². The molecule has 64 heavy (non-hydrogen) atoms. The minimum absolute atomic E-state index is 0.201. The van der Waals surface area contributed by atoms with Crippen molar-refractivity contribution in [1.82, 2.24) is 9.55 Å². The van der Waals surface area contributed by atoms with Crippen LogP contribution in [0.2, 0.25) is 0 Å². The Hall–Kier alpha value is -2.37. The summed E-state index contributed by atoms with van der Waals surface area (Å²) in [5.74, 6) is -0.194. The van der Waals surface area contributed by atoms with Gasteiger partial charge in [-0.25, -0.2) is 23.1 Å². The summed E-state index contributed by atoms with van der Waals surface area (Å²) in [7, 11) is -22.6. The number of unbranched alkanes of at least 4 members (excludes halogenated alkanes) is 16. The summed E-state index contributed by atoms with van der Waals surface area (Å²) >= 11 is 0. The van der Waals surface area contributed by atoms with Crippen molar-refractivity contribution in [2.75, 3.05) is 13.2 Å². The van der Waals surface area contributed by atoms with Gasteiger partial charge in [-0.15, -0.1) is 0 Å². The topological polar surface area (TPSA) is 275 Å². The summed E-state index contributed by atoms with van der Waals surface area (Å²) in [4.78, 5) is 68.7. The fraction of sp³-hybridized carbons (Fsp3) is 0.675. The highest BCUT2D eigenvalue weighted by Crippen LogP contribution is 2.72. The van der Waals surface area contributed by atoms with E-state index < -0.39 is 74.1 Å². The minimum Gasteiger partial charge on any atom is -0.427 e. The number of nitrogens with one attached hydrogen (secondary N) is 1. The first-order chi connectivity index (χ1) is 30.3. The van der Waals surface area contributed by atoms with E-state index in [9.17, 15) is 47.3 Å². The molecule has 4 N–H and O–H groups in total. The van der Waals surface area contributed by atoms with Gasteiger partial charge in [0.05, 0.1) is 19.8 Å². The first-order valence-electron chi connectivity index (χ1n) is 22.0. The lowest BCUT2D eigenvalue weighted by Gasteiger charge is -2.22.